The zero-order valence-corrected chi connectivity index (χ0v) is 11.0. The van der Waals surface area contributed by atoms with Gasteiger partial charge >= 0.3 is 0 Å². The number of nitrogens with zero attached hydrogens (tertiary/aromatic N) is 2. The van der Waals surface area contributed by atoms with E-state index in [1.54, 1.807) is 0 Å². The van der Waals surface area contributed by atoms with Crippen molar-refractivity contribution in [1.82, 2.24) is 9.47 Å². The van der Waals surface area contributed by atoms with E-state index >= 15 is 0 Å². The largest absolute Gasteiger partial charge is 0.310 e. The van der Waals surface area contributed by atoms with E-state index in [0.29, 0.717) is 12.0 Å². The Hall–Kier alpha value is -1.61. The van der Waals surface area contributed by atoms with Gasteiger partial charge in [-0.1, -0.05) is 18.2 Å². The van der Waals surface area contributed by atoms with Crippen LogP contribution < -0.4 is 5.56 Å². The highest BCUT2D eigenvalue weighted by molar-refractivity contribution is 5.81. The predicted molar refractivity (Wildman–Crippen MR) is 76.4 cm³/mol. The Morgan fingerprint density at radius 1 is 1.05 bits per heavy atom. The van der Waals surface area contributed by atoms with Crippen molar-refractivity contribution in [3.05, 3.63) is 46.9 Å². The van der Waals surface area contributed by atoms with Crippen LogP contribution in [0.15, 0.2) is 41.3 Å². The molecule has 0 aliphatic carbocycles. The third-order valence-electron chi connectivity index (χ3n) is 4.82. The molecular formula is C16H18N2O. The molecule has 3 fully saturated rings. The van der Waals surface area contributed by atoms with E-state index in [9.17, 15) is 4.79 Å². The van der Waals surface area contributed by atoms with Crippen LogP contribution in [0.5, 0.6) is 0 Å². The molecule has 3 saturated heterocycles. The third kappa shape index (κ3) is 1.72. The van der Waals surface area contributed by atoms with Crippen LogP contribution in [-0.2, 0) is 0 Å². The Bertz CT molecular complexity index is 668. The Balaban J connectivity index is 1.83. The second-order valence-corrected chi connectivity index (χ2v) is 5.82. The fraction of sp³-hybridized carbons (Fsp3) is 0.438. The molecule has 1 aromatic carbocycles. The van der Waals surface area contributed by atoms with Crippen LogP contribution in [-0.4, -0.2) is 29.1 Å². The van der Waals surface area contributed by atoms with Crippen molar-refractivity contribution in [1.29, 1.82) is 0 Å². The molecule has 2 aromatic rings. The van der Waals surface area contributed by atoms with Gasteiger partial charge < -0.3 is 9.47 Å². The molecule has 3 nitrogen and oxygen atoms in total. The number of piperidine rings is 3. The van der Waals surface area contributed by atoms with Gasteiger partial charge in [-0.25, -0.2) is 0 Å². The summed E-state index contributed by atoms with van der Waals surface area (Å²) in [6.45, 7) is 3.47. The average molecular weight is 254 g/mol. The van der Waals surface area contributed by atoms with Crippen LogP contribution in [0.3, 0.4) is 0 Å². The molecule has 19 heavy (non-hydrogen) atoms. The first-order valence-electron chi connectivity index (χ1n) is 7.15. The summed E-state index contributed by atoms with van der Waals surface area (Å²) in [5.41, 5.74) is 0.178. The van der Waals surface area contributed by atoms with Gasteiger partial charge in [0.15, 0.2) is 0 Å². The van der Waals surface area contributed by atoms with Crippen molar-refractivity contribution in [2.75, 3.05) is 19.6 Å². The lowest BCUT2D eigenvalue weighted by Gasteiger charge is -2.45. The molecule has 3 heteroatoms. The van der Waals surface area contributed by atoms with Crippen LogP contribution in [0.25, 0.3) is 10.8 Å². The highest BCUT2D eigenvalue weighted by Crippen LogP contribution is 2.34. The summed E-state index contributed by atoms with van der Waals surface area (Å²) in [4.78, 5) is 15.1. The molecule has 1 atom stereocenters. The van der Waals surface area contributed by atoms with Crippen molar-refractivity contribution >= 4 is 10.8 Å². The maximum absolute atomic E-state index is 12.6. The van der Waals surface area contributed by atoms with Gasteiger partial charge in [-0.2, -0.15) is 0 Å². The van der Waals surface area contributed by atoms with Gasteiger partial charge in [0.05, 0.1) is 6.04 Å². The van der Waals surface area contributed by atoms with Crippen molar-refractivity contribution in [2.45, 2.75) is 18.9 Å². The second-order valence-electron chi connectivity index (χ2n) is 5.82. The van der Waals surface area contributed by atoms with E-state index < -0.39 is 0 Å². The van der Waals surface area contributed by atoms with E-state index in [-0.39, 0.29) is 5.56 Å². The number of hydrogen-bond acceptors (Lipinski definition) is 2. The number of benzene rings is 1. The lowest BCUT2D eigenvalue weighted by molar-refractivity contribution is 0.0556. The number of aromatic nitrogens is 1. The van der Waals surface area contributed by atoms with Crippen molar-refractivity contribution in [3.63, 3.8) is 0 Å². The van der Waals surface area contributed by atoms with E-state index in [1.165, 1.54) is 25.9 Å². The SMILES string of the molecule is O=c1c2ccccc2ccn1C1CN2CCC1CC2. The summed E-state index contributed by atoms with van der Waals surface area (Å²) in [7, 11) is 0. The van der Waals surface area contributed by atoms with Gasteiger partial charge in [-0.15, -0.1) is 0 Å². The molecule has 4 heterocycles. The summed E-state index contributed by atoms with van der Waals surface area (Å²) < 4.78 is 1.98. The smallest absolute Gasteiger partial charge is 0.258 e. The van der Waals surface area contributed by atoms with Crippen LogP contribution in [0.1, 0.15) is 18.9 Å². The van der Waals surface area contributed by atoms with E-state index in [2.05, 4.69) is 11.0 Å². The Labute approximate surface area is 112 Å². The summed E-state index contributed by atoms with van der Waals surface area (Å²) in [6, 6.07) is 10.3. The van der Waals surface area contributed by atoms with Gasteiger partial charge in [0.1, 0.15) is 0 Å². The molecule has 2 bridgehead atoms. The number of pyridine rings is 1. The molecule has 1 unspecified atom stereocenters. The van der Waals surface area contributed by atoms with Crippen LogP contribution in [0.4, 0.5) is 0 Å². The molecule has 3 aliphatic heterocycles. The minimum Gasteiger partial charge on any atom is -0.310 e. The molecule has 0 amide bonds. The maximum atomic E-state index is 12.6. The Morgan fingerprint density at radius 2 is 1.84 bits per heavy atom. The van der Waals surface area contributed by atoms with E-state index in [4.69, 9.17) is 0 Å². The summed E-state index contributed by atoms with van der Waals surface area (Å²) in [5, 5.41) is 1.89. The average Bonchev–Trinajstić information content (AvgIpc) is 2.49. The van der Waals surface area contributed by atoms with Gasteiger partial charge in [0, 0.05) is 18.1 Å². The third-order valence-corrected chi connectivity index (χ3v) is 4.82. The highest BCUT2D eigenvalue weighted by Gasteiger charge is 2.35. The van der Waals surface area contributed by atoms with Crippen molar-refractivity contribution < 1.29 is 0 Å². The topological polar surface area (TPSA) is 25.2 Å². The van der Waals surface area contributed by atoms with E-state index in [1.807, 2.05) is 35.0 Å². The van der Waals surface area contributed by atoms with E-state index in [0.717, 1.165) is 17.3 Å². The van der Waals surface area contributed by atoms with Crippen LogP contribution >= 0.6 is 0 Å². The first kappa shape index (κ1) is 11.2. The first-order chi connectivity index (χ1) is 9.33. The summed E-state index contributed by atoms with van der Waals surface area (Å²) in [6.07, 6.45) is 4.48. The zero-order valence-electron chi connectivity index (χ0n) is 11.0. The first-order valence-corrected chi connectivity index (χ1v) is 7.15. The summed E-state index contributed by atoms with van der Waals surface area (Å²) in [5.74, 6) is 0.684. The lowest BCUT2D eigenvalue weighted by atomic mass is 9.84. The predicted octanol–water partition coefficient (Wildman–Crippen LogP) is 2.27. The minimum atomic E-state index is 0.178. The number of fused-ring (bicyclic) bond motifs is 4. The Kier molecular flexibility index (Phi) is 2.49. The fourth-order valence-corrected chi connectivity index (χ4v) is 3.71. The molecule has 5 rings (SSSR count). The molecule has 0 N–H and O–H groups in total. The van der Waals surface area contributed by atoms with Crippen molar-refractivity contribution in [3.8, 4) is 0 Å². The molecule has 0 spiro atoms. The highest BCUT2D eigenvalue weighted by atomic mass is 16.1. The van der Waals surface area contributed by atoms with Crippen molar-refractivity contribution in [2.24, 2.45) is 5.92 Å². The standard InChI is InChI=1S/C16H18N2O/c19-16-14-4-2-1-3-12(14)7-10-18(16)15-11-17-8-5-13(15)6-9-17/h1-4,7,10,13,15H,5-6,8-9,11H2. The molecular weight excluding hydrogens is 236 g/mol. The van der Waals surface area contributed by atoms with Gasteiger partial charge in [0.2, 0.25) is 0 Å². The zero-order chi connectivity index (χ0) is 12.8. The summed E-state index contributed by atoms with van der Waals surface area (Å²) >= 11 is 0. The molecule has 98 valence electrons. The fourth-order valence-electron chi connectivity index (χ4n) is 3.71. The van der Waals surface area contributed by atoms with Crippen LogP contribution in [0.2, 0.25) is 0 Å². The Morgan fingerprint density at radius 3 is 2.58 bits per heavy atom. The molecule has 3 aliphatic rings. The number of rotatable bonds is 1. The molecule has 1 aromatic heterocycles. The van der Waals surface area contributed by atoms with Crippen LogP contribution in [0, 0.1) is 5.92 Å². The molecule has 0 saturated carbocycles. The van der Waals surface area contributed by atoms with Gasteiger partial charge in [0.25, 0.3) is 5.56 Å². The molecule has 0 radical (unpaired) electrons. The van der Waals surface area contributed by atoms with Gasteiger partial charge in [-0.05, 0) is 49.4 Å². The quantitative estimate of drug-likeness (QED) is 0.780. The lowest BCUT2D eigenvalue weighted by Crippen LogP contribution is -2.49. The normalized spacial score (nSPS) is 29.8. The second kappa shape index (κ2) is 4.20. The number of hydrogen-bond donors (Lipinski definition) is 0. The monoisotopic (exact) mass is 254 g/mol. The minimum absolute atomic E-state index is 0.178. The maximum Gasteiger partial charge on any atom is 0.258 e. The van der Waals surface area contributed by atoms with Gasteiger partial charge in [-0.3, -0.25) is 4.79 Å².